The van der Waals surface area contributed by atoms with E-state index in [1.54, 1.807) is 0 Å². The van der Waals surface area contributed by atoms with Crippen molar-refractivity contribution in [1.29, 1.82) is 0 Å². The van der Waals surface area contributed by atoms with Gasteiger partial charge in [0.15, 0.2) is 0 Å². The lowest BCUT2D eigenvalue weighted by atomic mass is 10.3. The van der Waals surface area contributed by atoms with Gasteiger partial charge in [-0.15, -0.1) is 0 Å². The van der Waals surface area contributed by atoms with Crippen LogP contribution in [0.3, 0.4) is 0 Å². The summed E-state index contributed by atoms with van der Waals surface area (Å²) in [5.74, 6) is -0.528. The lowest BCUT2D eigenvalue weighted by molar-refractivity contribution is -0.140. The predicted octanol–water partition coefficient (Wildman–Crippen LogP) is -3.13. The van der Waals surface area contributed by atoms with Gasteiger partial charge in [0.2, 0.25) is 11.8 Å². The molecule has 8 heteroatoms. The van der Waals surface area contributed by atoms with Crippen LogP contribution in [0.5, 0.6) is 0 Å². The number of amides is 2. The first kappa shape index (κ1) is 17.8. The highest BCUT2D eigenvalue weighted by molar-refractivity contribution is 5.96. The first-order chi connectivity index (χ1) is 9.10. The second kappa shape index (κ2) is 10.7. The van der Waals surface area contributed by atoms with Crippen LogP contribution in [0.25, 0.3) is 0 Å². The summed E-state index contributed by atoms with van der Waals surface area (Å²) in [5.41, 5.74) is 21.7. The van der Waals surface area contributed by atoms with Gasteiger partial charge in [0.05, 0.1) is 0 Å². The van der Waals surface area contributed by atoms with Crippen molar-refractivity contribution in [2.75, 3.05) is 52.4 Å². The van der Waals surface area contributed by atoms with Crippen LogP contribution in [-0.4, -0.2) is 74.0 Å². The summed E-state index contributed by atoms with van der Waals surface area (Å²) in [5, 5.41) is 0. The predicted molar refractivity (Wildman–Crippen MR) is 74.0 cm³/mol. The van der Waals surface area contributed by atoms with Crippen molar-refractivity contribution in [2.24, 2.45) is 22.9 Å². The lowest BCUT2D eigenvalue weighted by Crippen LogP contribution is -2.44. The van der Waals surface area contributed by atoms with E-state index >= 15 is 0 Å². The Balaban J connectivity index is 4.43. The van der Waals surface area contributed by atoms with Crippen molar-refractivity contribution in [3.63, 3.8) is 0 Å². The number of carbonyl (C=O) groups excluding carboxylic acids is 2. The fraction of sp³-hybridized carbons (Fsp3) is 0.818. The van der Waals surface area contributed by atoms with E-state index in [1.165, 1.54) is 9.80 Å². The molecule has 0 bridgehead atoms. The maximum atomic E-state index is 12.0. The molecule has 0 spiro atoms. The molecule has 0 aromatic heterocycles. The van der Waals surface area contributed by atoms with Crippen LogP contribution in [0, 0.1) is 0 Å². The molecular formula is C11H26N6O2. The molecule has 8 N–H and O–H groups in total. The summed E-state index contributed by atoms with van der Waals surface area (Å²) < 4.78 is 0. The Bertz CT molecular complexity index is 236. The molecule has 0 atom stereocenters. The maximum Gasteiger partial charge on any atom is 0.232 e. The number of carbonyl (C=O) groups is 2. The van der Waals surface area contributed by atoms with Crippen LogP contribution in [-0.2, 0) is 9.59 Å². The molecule has 0 rings (SSSR count). The Kier molecular flexibility index (Phi) is 9.99. The van der Waals surface area contributed by atoms with Crippen LogP contribution in [0.15, 0.2) is 0 Å². The van der Waals surface area contributed by atoms with Crippen LogP contribution in [0.4, 0.5) is 0 Å². The zero-order valence-corrected chi connectivity index (χ0v) is 11.4. The number of nitrogens with zero attached hydrogens (tertiary/aromatic N) is 2. The summed E-state index contributed by atoms with van der Waals surface area (Å²) in [6.45, 7) is 2.97. The van der Waals surface area contributed by atoms with Crippen LogP contribution in [0.2, 0.25) is 0 Å². The Morgan fingerprint density at radius 1 is 0.632 bits per heavy atom. The average Bonchev–Trinajstić information content (AvgIpc) is 2.38. The fourth-order valence-electron chi connectivity index (χ4n) is 1.70. The topological polar surface area (TPSA) is 145 Å². The van der Waals surface area contributed by atoms with Crippen molar-refractivity contribution in [2.45, 2.75) is 6.42 Å². The first-order valence-corrected chi connectivity index (χ1v) is 6.46. The van der Waals surface area contributed by atoms with Crippen LogP contribution < -0.4 is 22.9 Å². The standard InChI is InChI=1S/C11H26N6O2/c12-1-5-16(6-2-13)10(18)9-11(19)17(7-3-14)8-4-15/h1-9,12-15H2. The molecular weight excluding hydrogens is 248 g/mol. The van der Waals surface area contributed by atoms with Gasteiger partial charge in [-0.05, 0) is 0 Å². The van der Waals surface area contributed by atoms with Crippen LogP contribution in [0.1, 0.15) is 6.42 Å². The van der Waals surface area contributed by atoms with Gasteiger partial charge in [0.1, 0.15) is 6.42 Å². The van der Waals surface area contributed by atoms with Crippen LogP contribution >= 0.6 is 0 Å². The molecule has 8 nitrogen and oxygen atoms in total. The molecule has 0 radical (unpaired) electrons. The second-order valence-corrected chi connectivity index (χ2v) is 4.09. The first-order valence-electron chi connectivity index (χ1n) is 6.46. The van der Waals surface area contributed by atoms with Gasteiger partial charge in [-0.2, -0.15) is 0 Å². The summed E-state index contributed by atoms with van der Waals surface area (Å²) in [6.07, 6.45) is -0.194. The highest BCUT2D eigenvalue weighted by Crippen LogP contribution is 1.99. The summed E-state index contributed by atoms with van der Waals surface area (Å²) in [4.78, 5) is 26.9. The molecule has 19 heavy (non-hydrogen) atoms. The number of nitrogens with two attached hydrogens (primary N) is 4. The third kappa shape index (κ3) is 7.06. The number of hydrogen-bond donors (Lipinski definition) is 4. The minimum atomic E-state index is -0.264. The molecule has 0 aliphatic heterocycles. The molecule has 2 amide bonds. The second-order valence-electron chi connectivity index (χ2n) is 4.09. The van der Waals surface area contributed by atoms with E-state index in [2.05, 4.69) is 0 Å². The smallest absolute Gasteiger partial charge is 0.232 e. The molecule has 0 aliphatic rings. The number of rotatable bonds is 10. The van der Waals surface area contributed by atoms with E-state index in [0.717, 1.165) is 0 Å². The zero-order chi connectivity index (χ0) is 14.7. The SMILES string of the molecule is NCCN(CCN)C(=O)CC(=O)N(CCN)CCN. The highest BCUT2D eigenvalue weighted by Gasteiger charge is 2.20. The van der Waals surface area contributed by atoms with E-state index in [0.29, 0.717) is 52.4 Å². The van der Waals surface area contributed by atoms with E-state index in [4.69, 9.17) is 22.9 Å². The van der Waals surface area contributed by atoms with Crippen molar-refractivity contribution in [3.05, 3.63) is 0 Å². The lowest BCUT2D eigenvalue weighted by Gasteiger charge is -2.24. The Labute approximate surface area is 114 Å². The average molecular weight is 274 g/mol. The molecule has 0 aromatic rings. The minimum Gasteiger partial charge on any atom is -0.340 e. The minimum absolute atomic E-state index is 0.194. The Hall–Kier alpha value is -1.22. The van der Waals surface area contributed by atoms with Gasteiger partial charge in [-0.25, -0.2) is 0 Å². The molecule has 0 fully saturated rings. The van der Waals surface area contributed by atoms with Gasteiger partial charge in [0.25, 0.3) is 0 Å². The molecule has 0 saturated heterocycles. The van der Waals surface area contributed by atoms with Gasteiger partial charge in [0, 0.05) is 52.4 Å². The Morgan fingerprint density at radius 3 is 1.11 bits per heavy atom. The highest BCUT2D eigenvalue weighted by atomic mass is 16.2. The van der Waals surface area contributed by atoms with Gasteiger partial charge < -0.3 is 32.7 Å². The van der Waals surface area contributed by atoms with E-state index < -0.39 is 0 Å². The third-order valence-electron chi connectivity index (χ3n) is 2.60. The summed E-state index contributed by atoms with van der Waals surface area (Å²) >= 11 is 0. The third-order valence-corrected chi connectivity index (χ3v) is 2.60. The van der Waals surface area contributed by atoms with E-state index in [9.17, 15) is 9.59 Å². The van der Waals surface area contributed by atoms with Crippen molar-refractivity contribution >= 4 is 11.8 Å². The summed E-state index contributed by atoms with van der Waals surface area (Å²) in [6, 6.07) is 0. The normalized spacial score (nSPS) is 10.3. The molecule has 0 aromatic carbocycles. The number of hydrogen-bond acceptors (Lipinski definition) is 6. The molecule has 0 heterocycles. The molecule has 0 unspecified atom stereocenters. The zero-order valence-electron chi connectivity index (χ0n) is 11.4. The van der Waals surface area contributed by atoms with Crippen molar-refractivity contribution in [1.82, 2.24) is 9.80 Å². The fourth-order valence-corrected chi connectivity index (χ4v) is 1.70. The van der Waals surface area contributed by atoms with Crippen molar-refractivity contribution in [3.8, 4) is 0 Å². The molecule has 0 aliphatic carbocycles. The Morgan fingerprint density at radius 2 is 0.895 bits per heavy atom. The van der Waals surface area contributed by atoms with E-state index in [1.807, 2.05) is 0 Å². The summed E-state index contributed by atoms with van der Waals surface area (Å²) in [7, 11) is 0. The largest absolute Gasteiger partial charge is 0.340 e. The molecule has 112 valence electrons. The monoisotopic (exact) mass is 274 g/mol. The van der Waals surface area contributed by atoms with Gasteiger partial charge >= 0.3 is 0 Å². The quantitative estimate of drug-likeness (QED) is 0.310. The maximum absolute atomic E-state index is 12.0. The van der Waals surface area contributed by atoms with Gasteiger partial charge in [-0.1, -0.05) is 0 Å². The van der Waals surface area contributed by atoms with Crippen molar-refractivity contribution < 1.29 is 9.59 Å². The van der Waals surface area contributed by atoms with Gasteiger partial charge in [-0.3, -0.25) is 9.59 Å². The van der Waals surface area contributed by atoms with E-state index in [-0.39, 0.29) is 18.2 Å². The molecule has 0 saturated carbocycles.